The van der Waals surface area contributed by atoms with Gasteiger partial charge in [0.05, 0.1) is 6.61 Å². The van der Waals surface area contributed by atoms with Gasteiger partial charge in [0.25, 0.3) is 0 Å². The van der Waals surface area contributed by atoms with Gasteiger partial charge in [-0.3, -0.25) is 4.79 Å². The van der Waals surface area contributed by atoms with Crippen molar-refractivity contribution in [3.63, 3.8) is 0 Å². The van der Waals surface area contributed by atoms with Crippen molar-refractivity contribution in [3.8, 4) is 16.9 Å². The first-order chi connectivity index (χ1) is 17.9. The summed E-state index contributed by atoms with van der Waals surface area (Å²) in [5.41, 5.74) is 4.62. The van der Waals surface area contributed by atoms with E-state index in [1.165, 1.54) is 6.07 Å². The fourth-order valence-corrected chi connectivity index (χ4v) is 4.84. The molecule has 0 aliphatic carbocycles. The summed E-state index contributed by atoms with van der Waals surface area (Å²) in [6.45, 7) is 6.93. The summed E-state index contributed by atoms with van der Waals surface area (Å²) in [6, 6.07) is 26.0. The highest BCUT2D eigenvalue weighted by Gasteiger charge is 2.18. The average molecular weight is 536 g/mol. The molecule has 0 aromatic heterocycles. The second kappa shape index (κ2) is 13.4. The van der Waals surface area contributed by atoms with E-state index in [1.54, 1.807) is 12.1 Å². The van der Waals surface area contributed by atoms with E-state index in [0.29, 0.717) is 12.2 Å². The van der Waals surface area contributed by atoms with E-state index in [9.17, 15) is 9.18 Å². The Labute approximate surface area is 230 Å². The molecule has 0 radical (unpaired) electrons. The third-order valence-corrected chi connectivity index (χ3v) is 6.78. The number of benzene rings is 4. The minimum Gasteiger partial charge on any atom is -0.494 e. The van der Waals surface area contributed by atoms with Crippen LogP contribution in [0.25, 0.3) is 21.9 Å². The Kier molecular flexibility index (Phi) is 10.3. The quantitative estimate of drug-likeness (QED) is 0.203. The lowest BCUT2D eigenvalue weighted by atomic mass is 9.91. The van der Waals surface area contributed by atoms with E-state index < -0.39 is 5.97 Å². The first-order valence-corrected chi connectivity index (χ1v) is 12.9. The van der Waals surface area contributed by atoms with Crippen LogP contribution in [0.3, 0.4) is 0 Å². The lowest BCUT2D eigenvalue weighted by Crippen LogP contribution is -2.24. The van der Waals surface area contributed by atoms with Crippen LogP contribution in [0.2, 0.25) is 0 Å². The lowest BCUT2D eigenvalue weighted by molar-refractivity contribution is -0.136. The third kappa shape index (κ3) is 6.91. The average Bonchev–Trinajstić information content (AvgIpc) is 2.91. The van der Waals surface area contributed by atoms with E-state index in [-0.39, 0.29) is 43.1 Å². The molecule has 0 aliphatic heterocycles. The second-order valence-corrected chi connectivity index (χ2v) is 9.34. The molecule has 0 spiro atoms. The summed E-state index contributed by atoms with van der Waals surface area (Å²) in [7, 11) is 0. The van der Waals surface area contributed by atoms with Crippen molar-refractivity contribution in [3.05, 3.63) is 101 Å². The molecule has 0 saturated carbocycles. The number of aryl methyl sites for hydroxylation is 1. The number of rotatable bonds is 11. The minimum absolute atomic E-state index is 0. The maximum atomic E-state index is 14.5. The fraction of sp³-hybridized carbons (Fsp3) is 0.281. The summed E-state index contributed by atoms with van der Waals surface area (Å²) in [5, 5.41) is 15.0. The SMILES string of the molecule is CCOc1cccc([C@@H](C)NC(CC)c2cc(-c3ccc(F)c(CCC(=O)O)c3)c3ccccc3c2)c1.Cl. The summed E-state index contributed by atoms with van der Waals surface area (Å²) in [5.74, 6) is -0.443. The summed E-state index contributed by atoms with van der Waals surface area (Å²) in [6.07, 6.45) is 0.940. The van der Waals surface area contributed by atoms with Crippen molar-refractivity contribution in [2.75, 3.05) is 6.61 Å². The predicted molar refractivity (Wildman–Crippen MR) is 155 cm³/mol. The molecule has 0 saturated heterocycles. The van der Waals surface area contributed by atoms with Crippen molar-refractivity contribution in [1.82, 2.24) is 5.32 Å². The maximum Gasteiger partial charge on any atom is 0.303 e. The van der Waals surface area contributed by atoms with Gasteiger partial charge < -0.3 is 15.2 Å². The zero-order valence-electron chi connectivity index (χ0n) is 22.0. The zero-order valence-corrected chi connectivity index (χ0v) is 22.9. The molecule has 4 rings (SSSR count). The topological polar surface area (TPSA) is 58.6 Å². The number of nitrogens with one attached hydrogen (secondary N) is 1. The Morgan fingerprint density at radius 1 is 0.974 bits per heavy atom. The van der Waals surface area contributed by atoms with Crippen LogP contribution in [0, 0.1) is 5.82 Å². The number of ether oxygens (including phenoxy) is 1. The fourth-order valence-electron chi connectivity index (χ4n) is 4.84. The zero-order chi connectivity index (χ0) is 26.4. The molecule has 4 aromatic carbocycles. The van der Waals surface area contributed by atoms with Gasteiger partial charge in [-0.25, -0.2) is 4.39 Å². The van der Waals surface area contributed by atoms with Crippen LogP contribution in [0.4, 0.5) is 4.39 Å². The number of carboxylic acid groups (broad SMARTS) is 1. The van der Waals surface area contributed by atoms with Gasteiger partial charge >= 0.3 is 5.97 Å². The van der Waals surface area contributed by atoms with Gasteiger partial charge in [0.15, 0.2) is 0 Å². The largest absolute Gasteiger partial charge is 0.494 e. The molecular formula is C32H35ClFNO3. The van der Waals surface area contributed by atoms with E-state index in [4.69, 9.17) is 9.84 Å². The van der Waals surface area contributed by atoms with Crippen LogP contribution in [0.1, 0.15) is 62.4 Å². The summed E-state index contributed by atoms with van der Waals surface area (Å²) >= 11 is 0. The van der Waals surface area contributed by atoms with Crippen LogP contribution in [-0.4, -0.2) is 17.7 Å². The van der Waals surface area contributed by atoms with Crippen LogP contribution in [0.15, 0.2) is 78.9 Å². The van der Waals surface area contributed by atoms with E-state index in [0.717, 1.165) is 45.2 Å². The van der Waals surface area contributed by atoms with Crippen LogP contribution in [0.5, 0.6) is 5.75 Å². The highest BCUT2D eigenvalue weighted by molar-refractivity contribution is 5.97. The van der Waals surface area contributed by atoms with Crippen molar-refractivity contribution in [1.29, 1.82) is 0 Å². The molecule has 200 valence electrons. The Hall–Kier alpha value is -3.41. The summed E-state index contributed by atoms with van der Waals surface area (Å²) in [4.78, 5) is 11.1. The predicted octanol–water partition coefficient (Wildman–Crippen LogP) is 8.29. The maximum absolute atomic E-state index is 14.5. The molecule has 1 unspecified atom stereocenters. The van der Waals surface area contributed by atoms with Crippen molar-refractivity contribution in [2.24, 2.45) is 0 Å². The first-order valence-electron chi connectivity index (χ1n) is 12.9. The van der Waals surface area contributed by atoms with Gasteiger partial charge in [0.1, 0.15) is 11.6 Å². The number of aliphatic carboxylic acids is 1. The van der Waals surface area contributed by atoms with Crippen LogP contribution >= 0.6 is 12.4 Å². The molecule has 4 aromatic rings. The first kappa shape index (κ1) is 29.2. The molecule has 6 heteroatoms. The third-order valence-electron chi connectivity index (χ3n) is 6.78. The number of fused-ring (bicyclic) bond motifs is 1. The highest BCUT2D eigenvalue weighted by atomic mass is 35.5. The van der Waals surface area contributed by atoms with E-state index in [1.807, 2.05) is 31.2 Å². The lowest BCUT2D eigenvalue weighted by Gasteiger charge is -2.25. The van der Waals surface area contributed by atoms with Crippen LogP contribution < -0.4 is 10.1 Å². The van der Waals surface area contributed by atoms with Gasteiger partial charge in [0, 0.05) is 18.5 Å². The number of halogens is 2. The standard InChI is InChI=1S/C32H34FNO3.ClH/c1-4-31(34-21(3)22-10-8-11-27(19-22)37-5-2)26-18-23-9-6-7-12-28(23)29(20-26)24-13-15-30(33)25(17-24)14-16-32(35)36;/h6-13,15,17-21,31,34H,4-5,14,16H2,1-3H3,(H,35,36);1H/t21-,31?;/m1./s1. The second-order valence-electron chi connectivity index (χ2n) is 9.34. The monoisotopic (exact) mass is 535 g/mol. The number of carboxylic acids is 1. The van der Waals surface area contributed by atoms with Crippen molar-refractivity contribution in [2.45, 2.75) is 52.1 Å². The van der Waals surface area contributed by atoms with Crippen LogP contribution in [-0.2, 0) is 11.2 Å². The van der Waals surface area contributed by atoms with E-state index >= 15 is 0 Å². The molecule has 0 fully saturated rings. The molecule has 0 bridgehead atoms. The number of hydrogen-bond donors (Lipinski definition) is 2. The normalized spacial score (nSPS) is 12.5. The van der Waals surface area contributed by atoms with E-state index in [2.05, 4.69) is 55.6 Å². The van der Waals surface area contributed by atoms with Gasteiger partial charge in [-0.1, -0.05) is 49.4 Å². The molecule has 0 aliphatic rings. The smallest absolute Gasteiger partial charge is 0.303 e. The summed E-state index contributed by atoms with van der Waals surface area (Å²) < 4.78 is 20.2. The molecule has 4 nitrogen and oxygen atoms in total. The Bertz CT molecular complexity index is 1390. The number of hydrogen-bond acceptors (Lipinski definition) is 3. The Balaban J connectivity index is 0.00000400. The Morgan fingerprint density at radius 3 is 2.50 bits per heavy atom. The molecule has 0 amide bonds. The number of carbonyl (C=O) groups is 1. The van der Waals surface area contributed by atoms with Crippen molar-refractivity contribution >= 4 is 29.1 Å². The minimum atomic E-state index is -0.935. The Morgan fingerprint density at radius 2 is 1.76 bits per heavy atom. The van der Waals surface area contributed by atoms with Gasteiger partial charge in [0.2, 0.25) is 0 Å². The van der Waals surface area contributed by atoms with Gasteiger partial charge in [-0.05, 0) is 102 Å². The highest BCUT2D eigenvalue weighted by Crippen LogP contribution is 2.35. The van der Waals surface area contributed by atoms with Gasteiger partial charge in [-0.15, -0.1) is 12.4 Å². The molecule has 38 heavy (non-hydrogen) atoms. The molecule has 2 atom stereocenters. The molecule has 2 N–H and O–H groups in total. The molecule has 0 heterocycles. The van der Waals surface area contributed by atoms with Crippen molar-refractivity contribution < 1.29 is 19.0 Å². The molecular weight excluding hydrogens is 501 g/mol. The van der Waals surface area contributed by atoms with Gasteiger partial charge in [-0.2, -0.15) is 0 Å².